The second kappa shape index (κ2) is 2.61. The van der Waals surface area contributed by atoms with Gasteiger partial charge < -0.3 is 9.84 Å². The van der Waals surface area contributed by atoms with Gasteiger partial charge in [-0.15, -0.1) is 0 Å². The molecule has 74 valence electrons. The first-order chi connectivity index (χ1) is 6.06. The zero-order chi connectivity index (χ0) is 9.53. The first kappa shape index (κ1) is 8.81. The van der Waals surface area contributed by atoms with E-state index in [2.05, 4.69) is 5.32 Å². The summed E-state index contributed by atoms with van der Waals surface area (Å²) in [5.41, 5.74) is -1.85. The number of nitrogens with one attached hydrogen (secondary N) is 1. The molecular weight excluding hydrogens is 170 g/mol. The van der Waals surface area contributed by atoms with Crippen LogP contribution in [0.4, 0.5) is 4.79 Å². The van der Waals surface area contributed by atoms with Crippen molar-refractivity contribution in [3.8, 4) is 0 Å². The molecule has 1 saturated heterocycles. The highest BCUT2D eigenvalue weighted by molar-refractivity contribution is 5.71. The van der Waals surface area contributed by atoms with Crippen molar-refractivity contribution in [1.82, 2.24) is 5.32 Å². The lowest BCUT2D eigenvalue weighted by Crippen LogP contribution is -2.55. The number of carbonyl (C=O) groups is 1. The van der Waals surface area contributed by atoms with Crippen molar-refractivity contribution < 1.29 is 14.6 Å². The Morgan fingerprint density at radius 1 is 1.38 bits per heavy atom. The molecule has 1 unspecified atom stereocenters. The number of carbonyl (C=O) groups excluding carboxylic acids is 1. The molecule has 0 radical (unpaired) electrons. The van der Waals surface area contributed by atoms with Gasteiger partial charge in [0.15, 0.2) is 11.3 Å². The van der Waals surface area contributed by atoms with Crippen molar-refractivity contribution >= 4 is 6.09 Å². The Balaban J connectivity index is 2.24. The highest BCUT2D eigenvalue weighted by Gasteiger charge is 2.57. The first-order valence-corrected chi connectivity index (χ1v) is 4.79. The fourth-order valence-electron chi connectivity index (χ4n) is 2.33. The van der Waals surface area contributed by atoms with E-state index in [0.29, 0.717) is 0 Å². The summed E-state index contributed by atoms with van der Waals surface area (Å²) in [7, 11) is 0. The van der Waals surface area contributed by atoms with Gasteiger partial charge in [0, 0.05) is 0 Å². The highest BCUT2D eigenvalue weighted by Crippen LogP contribution is 2.42. The zero-order valence-corrected chi connectivity index (χ0v) is 7.80. The van der Waals surface area contributed by atoms with Crippen molar-refractivity contribution in [2.45, 2.75) is 50.4 Å². The molecule has 1 aliphatic carbocycles. The predicted molar refractivity (Wildman–Crippen MR) is 46.1 cm³/mol. The minimum atomic E-state index is -1.19. The van der Waals surface area contributed by atoms with Gasteiger partial charge >= 0.3 is 6.09 Å². The molecule has 0 bridgehead atoms. The van der Waals surface area contributed by atoms with Crippen LogP contribution in [-0.2, 0) is 4.74 Å². The van der Waals surface area contributed by atoms with Gasteiger partial charge in [-0.2, -0.15) is 0 Å². The lowest BCUT2D eigenvalue weighted by atomic mass is 9.78. The van der Waals surface area contributed by atoms with Crippen LogP contribution >= 0.6 is 0 Å². The Morgan fingerprint density at radius 2 is 2.00 bits per heavy atom. The van der Waals surface area contributed by atoms with Gasteiger partial charge in [0.1, 0.15) is 0 Å². The number of amides is 1. The van der Waals surface area contributed by atoms with Crippen LogP contribution in [0.1, 0.15) is 39.0 Å². The Labute approximate surface area is 77.3 Å². The lowest BCUT2D eigenvalue weighted by molar-refractivity contribution is -0.123. The van der Waals surface area contributed by atoms with Gasteiger partial charge in [-0.25, -0.2) is 4.79 Å². The summed E-state index contributed by atoms with van der Waals surface area (Å²) in [6.07, 6.45) is 4.23. The summed E-state index contributed by atoms with van der Waals surface area (Å²) < 4.78 is 5.20. The fourth-order valence-corrected chi connectivity index (χ4v) is 2.33. The number of aliphatic hydroxyl groups is 1. The van der Waals surface area contributed by atoms with Gasteiger partial charge in [0.2, 0.25) is 0 Å². The monoisotopic (exact) mass is 185 g/mol. The minimum absolute atomic E-state index is 0.494. The molecule has 2 aliphatic rings. The molecule has 4 heteroatoms. The number of ether oxygens (including phenoxy) is 1. The van der Waals surface area contributed by atoms with Crippen molar-refractivity contribution in [2.75, 3.05) is 0 Å². The van der Waals surface area contributed by atoms with E-state index < -0.39 is 17.4 Å². The molecule has 4 nitrogen and oxygen atoms in total. The average molecular weight is 185 g/mol. The molecule has 1 amide bonds. The second-order valence-corrected chi connectivity index (χ2v) is 4.14. The molecule has 0 aromatic rings. The Morgan fingerprint density at radius 3 is 2.46 bits per heavy atom. The maximum atomic E-state index is 11.0. The summed E-state index contributed by atoms with van der Waals surface area (Å²) in [4.78, 5) is 11.0. The number of hydrogen-bond donors (Lipinski definition) is 2. The molecule has 1 saturated carbocycles. The molecule has 1 atom stereocenters. The summed E-state index contributed by atoms with van der Waals surface area (Å²) in [6, 6.07) is 0. The third-order valence-electron chi connectivity index (χ3n) is 3.18. The van der Waals surface area contributed by atoms with E-state index in [1.54, 1.807) is 6.92 Å². The third-order valence-corrected chi connectivity index (χ3v) is 3.18. The standard InChI is InChI=1S/C9H15NO3/c1-8(12)9(13-7(11)10-8)5-3-2-4-6-9/h12H,2-6H2,1H3,(H,10,11). The molecule has 2 N–H and O–H groups in total. The summed E-state index contributed by atoms with van der Waals surface area (Å²) in [6.45, 7) is 1.61. The lowest BCUT2D eigenvalue weighted by Gasteiger charge is -2.39. The zero-order valence-electron chi connectivity index (χ0n) is 7.80. The van der Waals surface area contributed by atoms with Crippen LogP contribution in [0.2, 0.25) is 0 Å². The van der Waals surface area contributed by atoms with Gasteiger partial charge in [-0.05, 0) is 32.6 Å². The van der Waals surface area contributed by atoms with E-state index in [0.717, 1.165) is 32.1 Å². The summed E-state index contributed by atoms with van der Waals surface area (Å²) in [5, 5.41) is 12.4. The Bertz CT molecular complexity index is 231. The summed E-state index contributed by atoms with van der Waals surface area (Å²) >= 11 is 0. The number of rotatable bonds is 0. The molecule has 1 heterocycles. The van der Waals surface area contributed by atoms with Crippen molar-refractivity contribution in [1.29, 1.82) is 0 Å². The van der Waals surface area contributed by atoms with Crippen molar-refractivity contribution in [2.24, 2.45) is 0 Å². The molecule has 0 aromatic carbocycles. The largest absolute Gasteiger partial charge is 0.438 e. The van der Waals surface area contributed by atoms with Crippen LogP contribution in [-0.4, -0.2) is 22.5 Å². The van der Waals surface area contributed by atoms with Crippen molar-refractivity contribution in [3.63, 3.8) is 0 Å². The SMILES string of the molecule is CC1(O)NC(=O)OC12CCCCC2. The van der Waals surface area contributed by atoms with Crippen LogP contribution in [0.25, 0.3) is 0 Å². The molecule has 0 aromatic heterocycles. The smallest absolute Gasteiger partial charge is 0.410 e. The maximum absolute atomic E-state index is 11.0. The number of alkyl carbamates (subject to hydrolysis) is 1. The van der Waals surface area contributed by atoms with Gasteiger partial charge in [0.05, 0.1) is 0 Å². The molecule has 1 spiro atoms. The quantitative estimate of drug-likeness (QED) is 0.595. The maximum Gasteiger partial charge on any atom is 0.410 e. The van der Waals surface area contributed by atoms with Crippen molar-refractivity contribution in [3.05, 3.63) is 0 Å². The van der Waals surface area contributed by atoms with Gasteiger partial charge in [-0.3, -0.25) is 5.32 Å². The van der Waals surface area contributed by atoms with Crippen LogP contribution in [0.5, 0.6) is 0 Å². The van der Waals surface area contributed by atoms with E-state index in [1.807, 2.05) is 0 Å². The third kappa shape index (κ3) is 1.20. The van der Waals surface area contributed by atoms with E-state index in [1.165, 1.54) is 0 Å². The van der Waals surface area contributed by atoms with Crippen LogP contribution in [0.15, 0.2) is 0 Å². The van der Waals surface area contributed by atoms with E-state index in [-0.39, 0.29) is 0 Å². The van der Waals surface area contributed by atoms with Gasteiger partial charge in [0.25, 0.3) is 0 Å². The normalized spacial score (nSPS) is 37.2. The van der Waals surface area contributed by atoms with Crippen LogP contribution < -0.4 is 5.32 Å². The highest BCUT2D eigenvalue weighted by atomic mass is 16.6. The van der Waals surface area contributed by atoms with E-state index in [9.17, 15) is 9.90 Å². The summed E-state index contributed by atoms with van der Waals surface area (Å²) in [5.74, 6) is 0. The molecule has 1 aliphatic heterocycles. The minimum Gasteiger partial charge on any atom is -0.438 e. The molecule has 2 fully saturated rings. The average Bonchev–Trinajstić information content (AvgIpc) is 2.23. The Hall–Kier alpha value is -0.770. The van der Waals surface area contributed by atoms with E-state index >= 15 is 0 Å². The Kier molecular flexibility index (Phi) is 1.77. The van der Waals surface area contributed by atoms with Gasteiger partial charge in [-0.1, -0.05) is 6.42 Å². The topological polar surface area (TPSA) is 58.6 Å². The first-order valence-electron chi connectivity index (χ1n) is 4.79. The molecule has 13 heavy (non-hydrogen) atoms. The molecular formula is C9H15NO3. The number of hydrogen-bond acceptors (Lipinski definition) is 3. The van der Waals surface area contributed by atoms with Crippen LogP contribution in [0, 0.1) is 0 Å². The predicted octanol–water partition coefficient (Wildman–Crippen LogP) is 1.14. The molecule has 2 rings (SSSR count). The van der Waals surface area contributed by atoms with Crippen LogP contribution in [0.3, 0.4) is 0 Å². The van der Waals surface area contributed by atoms with E-state index in [4.69, 9.17) is 4.74 Å². The second-order valence-electron chi connectivity index (χ2n) is 4.14. The fraction of sp³-hybridized carbons (Fsp3) is 0.889.